The molecule has 1 aromatic carbocycles. The molecule has 0 spiro atoms. The molecule has 0 unspecified atom stereocenters. The Morgan fingerprint density at radius 3 is 2.65 bits per heavy atom. The van der Waals surface area contributed by atoms with E-state index in [1.165, 1.54) is 11.3 Å². The van der Waals surface area contributed by atoms with Gasteiger partial charge in [0.2, 0.25) is 0 Å². The summed E-state index contributed by atoms with van der Waals surface area (Å²) < 4.78 is 0. The van der Waals surface area contributed by atoms with Crippen LogP contribution in [0, 0.1) is 0 Å². The van der Waals surface area contributed by atoms with Crippen LogP contribution in [-0.2, 0) is 19.6 Å². The van der Waals surface area contributed by atoms with Crippen LogP contribution in [0.2, 0.25) is 0 Å². The normalized spacial score (nSPS) is 12.8. The number of urea groups is 1. The third-order valence-corrected chi connectivity index (χ3v) is 7.32. The van der Waals surface area contributed by atoms with Gasteiger partial charge in [-0.15, -0.1) is 22.7 Å². The van der Waals surface area contributed by atoms with Crippen LogP contribution in [0.15, 0.2) is 47.8 Å². The van der Waals surface area contributed by atoms with E-state index in [-0.39, 0.29) is 6.03 Å². The molecule has 7 nitrogen and oxygen atoms in total. The molecule has 5 N–H and O–H groups in total. The van der Waals surface area contributed by atoms with E-state index in [9.17, 15) is 9.59 Å². The van der Waals surface area contributed by atoms with Gasteiger partial charge in [-0.25, -0.2) is 9.78 Å². The molecule has 3 amide bonds. The van der Waals surface area contributed by atoms with Gasteiger partial charge in [-0.2, -0.15) is 0 Å². The van der Waals surface area contributed by atoms with Crippen LogP contribution in [0.1, 0.15) is 26.5 Å². The molecule has 0 atom stereocenters. The number of primary amides is 1. The van der Waals surface area contributed by atoms with Crippen molar-refractivity contribution in [2.75, 3.05) is 5.73 Å². The smallest absolute Gasteiger partial charge is 0.318 e. The number of thiophene rings is 2. The molecule has 1 aliphatic heterocycles. The number of nitrogen functional groups attached to an aromatic ring is 1. The number of amides is 3. The molecule has 5 rings (SSSR count). The third-order valence-electron chi connectivity index (χ3n) is 5.32. The van der Waals surface area contributed by atoms with Gasteiger partial charge in [0.05, 0.1) is 24.5 Å². The van der Waals surface area contributed by atoms with Gasteiger partial charge in [0, 0.05) is 27.9 Å². The molecular weight excluding hydrogens is 430 g/mol. The number of carbonyl (C=O) groups excluding carboxylic acids is 2. The summed E-state index contributed by atoms with van der Waals surface area (Å²) in [5.74, 6) is -0.556. The van der Waals surface area contributed by atoms with Crippen molar-refractivity contribution in [2.45, 2.75) is 19.6 Å². The fraction of sp³-hybridized carbons (Fsp3) is 0.136. The number of pyridine rings is 1. The van der Waals surface area contributed by atoms with E-state index in [0.717, 1.165) is 32.6 Å². The van der Waals surface area contributed by atoms with Crippen molar-refractivity contribution in [3.63, 3.8) is 0 Å². The summed E-state index contributed by atoms with van der Waals surface area (Å²) in [6, 6.07) is 13.6. The Bertz CT molecular complexity index is 1300. The Labute approximate surface area is 186 Å². The van der Waals surface area contributed by atoms with Gasteiger partial charge in [-0.1, -0.05) is 36.4 Å². The molecular formula is C22H19N5O2S2. The van der Waals surface area contributed by atoms with Crippen molar-refractivity contribution in [2.24, 2.45) is 5.73 Å². The molecule has 4 heterocycles. The molecule has 4 aromatic rings. The van der Waals surface area contributed by atoms with Crippen LogP contribution in [-0.4, -0.2) is 21.8 Å². The maximum atomic E-state index is 12.8. The molecule has 0 bridgehead atoms. The molecule has 0 saturated heterocycles. The Morgan fingerprint density at radius 2 is 1.94 bits per heavy atom. The summed E-state index contributed by atoms with van der Waals surface area (Å²) in [5, 5.41) is 5.71. The molecule has 0 saturated carbocycles. The molecule has 3 aromatic heterocycles. The molecule has 9 heteroatoms. The Hall–Kier alpha value is -3.43. The minimum atomic E-state index is -0.556. The summed E-state index contributed by atoms with van der Waals surface area (Å²) in [7, 11) is 0. The van der Waals surface area contributed by atoms with E-state index in [1.807, 2.05) is 47.8 Å². The standard InChI is InChI=1S/C22H19N5O2S2/c23-18-17-16(15-7-4-8-30-15)13-10-27(22(29)25-9-12-5-2-1-3-6-12)11-14(13)26-21(17)31-19(18)20(24)28/h1-8H,9-11,23H2,(H2,24,28)(H,25,29). The summed E-state index contributed by atoms with van der Waals surface area (Å²) in [4.78, 5) is 33.2. The average Bonchev–Trinajstić information content (AvgIpc) is 3.50. The van der Waals surface area contributed by atoms with Crippen molar-refractivity contribution < 1.29 is 9.59 Å². The number of benzene rings is 1. The first kappa shape index (κ1) is 19.5. The number of nitrogens with one attached hydrogen (secondary N) is 1. The van der Waals surface area contributed by atoms with Crippen LogP contribution in [0.5, 0.6) is 0 Å². The number of rotatable bonds is 4. The average molecular weight is 450 g/mol. The summed E-state index contributed by atoms with van der Waals surface area (Å²) in [6.45, 7) is 1.28. The molecule has 156 valence electrons. The zero-order valence-corrected chi connectivity index (χ0v) is 18.1. The van der Waals surface area contributed by atoms with Gasteiger partial charge in [0.15, 0.2) is 0 Å². The summed E-state index contributed by atoms with van der Waals surface area (Å²) >= 11 is 2.79. The van der Waals surface area contributed by atoms with Crippen LogP contribution in [0.4, 0.5) is 10.5 Å². The highest BCUT2D eigenvalue weighted by atomic mass is 32.1. The van der Waals surface area contributed by atoms with Crippen molar-refractivity contribution in [3.8, 4) is 10.4 Å². The van der Waals surface area contributed by atoms with E-state index >= 15 is 0 Å². The van der Waals surface area contributed by atoms with Crippen LogP contribution < -0.4 is 16.8 Å². The maximum absolute atomic E-state index is 12.8. The van der Waals surface area contributed by atoms with Crippen molar-refractivity contribution in [1.82, 2.24) is 15.2 Å². The van der Waals surface area contributed by atoms with E-state index in [2.05, 4.69) is 5.32 Å². The van der Waals surface area contributed by atoms with Crippen molar-refractivity contribution in [3.05, 3.63) is 69.5 Å². The maximum Gasteiger partial charge on any atom is 0.318 e. The number of fused-ring (bicyclic) bond motifs is 2. The second kappa shape index (κ2) is 7.68. The van der Waals surface area contributed by atoms with Gasteiger partial charge < -0.3 is 21.7 Å². The number of nitrogens with two attached hydrogens (primary N) is 2. The number of hydrogen-bond acceptors (Lipinski definition) is 6. The second-order valence-corrected chi connectivity index (χ2v) is 9.23. The lowest BCUT2D eigenvalue weighted by atomic mass is 10.0. The molecule has 1 aliphatic rings. The molecule has 0 radical (unpaired) electrons. The Balaban J connectivity index is 1.51. The highest BCUT2D eigenvalue weighted by Gasteiger charge is 2.31. The molecule has 31 heavy (non-hydrogen) atoms. The largest absolute Gasteiger partial charge is 0.397 e. The molecule has 0 aliphatic carbocycles. The van der Waals surface area contributed by atoms with Crippen LogP contribution in [0.25, 0.3) is 20.7 Å². The van der Waals surface area contributed by atoms with Gasteiger partial charge in [-0.3, -0.25) is 4.79 Å². The number of aromatic nitrogens is 1. The second-order valence-electron chi connectivity index (χ2n) is 7.28. The minimum Gasteiger partial charge on any atom is -0.397 e. The topological polar surface area (TPSA) is 114 Å². The van der Waals surface area contributed by atoms with E-state index < -0.39 is 5.91 Å². The first-order valence-corrected chi connectivity index (χ1v) is 11.4. The summed E-state index contributed by atoms with van der Waals surface area (Å²) in [5.41, 5.74) is 16.0. The van der Waals surface area contributed by atoms with Crippen LogP contribution >= 0.6 is 22.7 Å². The predicted molar refractivity (Wildman–Crippen MR) is 124 cm³/mol. The zero-order chi connectivity index (χ0) is 21.5. The fourth-order valence-corrected chi connectivity index (χ4v) is 5.65. The number of anilines is 1. The first-order valence-electron chi connectivity index (χ1n) is 9.67. The predicted octanol–water partition coefficient (Wildman–Crippen LogP) is 3.93. The van der Waals surface area contributed by atoms with Gasteiger partial charge in [0.25, 0.3) is 5.91 Å². The van der Waals surface area contributed by atoms with Crippen LogP contribution in [0.3, 0.4) is 0 Å². The van der Waals surface area contributed by atoms with E-state index in [4.69, 9.17) is 16.5 Å². The third kappa shape index (κ3) is 3.41. The fourth-order valence-electron chi connectivity index (χ4n) is 3.87. The highest BCUT2D eigenvalue weighted by Crippen LogP contribution is 2.45. The minimum absolute atomic E-state index is 0.145. The number of carbonyl (C=O) groups is 2. The first-order chi connectivity index (χ1) is 15.0. The molecule has 0 fully saturated rings. The lowest BCUT2D eigenvalue weighted by molar-refractivity contribution is 0.100. The van der Waals surface area contributed by atoms with Gasteiger partial charge >= 0.3 is 6.03 Å². The van der Waals surface area contributed by atoms with E-state index in [1.54, 1.807) is 16.2 Å². The summed E-state index contributed by atoms with van der Waals surface area (Å²) in [6.07, 6.45) is 0. The monoisotopic (exact) mass is 449 g/mol. The Morgan fingerprint density at radius 1 is 1.13 bits per heavy atom. The Kier molecular flexibility index (Phi) is 4.84. The van der Waals surface area contributed by atoms with Gasteiger partial charge in [-0.05, 0) is 17.0 Å². The van der Waals surface area contributed by atoms with Crippen molar-refractivity contribution in [1.29, 1.82) is 0 Å². The van der Waals surface area contributed by atoms with E-state index in [0.29, 0.717) is 35.0 Å². The zero-order valence-electron chi connectivity index (χ0n) is 16.4. The lowest BCUT2D eigenvalue weighted by Crippen LogP contribution is -2.36. The van der Waals surface area contributed by atoms with Gasteiger partial charge in [0.1, 0.15) is 9.71 Å². The lowest BCUT2D eigenvalue weighted by Gasteiger charge is -2.16. The number of nitrogens with zero attached hydrogens (tertiary/aromatic N) is 2. The highest BCUT2D eigenvalue weighted by molar-refractivity contribution is 7.21. The SMILES string of the molecule is NC(=O)c1sc2nc3c(c(-c4cccs4)c2c1N)CN(C(=O)NCc1ccccc1)C3. The quantitative estimate of drug-likeness (QED) is 0.438. The van der Waals surface area contributed by atoms with Crippen molar-refractivity contribution >= 4 is 50.5 Å². The number of hydrogen-bond donors (Lipinski definition) is 3.